The second kappa shape index (κ2) is 8.26. The van der Waals surface area contributed by atoms with E-state index in [2.05, 4.69) is 23.3 Å². The van der Waals surface area contributed by atoms with Crippen molar-refractivity contribution in [1.82, 2.24) is 4.98 Å². The molecule has 3 aromatic carbocycles. The van der Waals surface area contributed by atoms with Gasteiger partial charge in [0.25, 0.3) is 5.69 Å². The van der Waals surface area contributed by atoms with Gasteiger partial charge in [0.2, 0.25) is 5.91 Å². The first-order valence-corrected chi connectivity index (χ1v) is 10.0. The normalized spacial score (nSPS) is 11.1. The minimum atomic E-state index is -0.473. The van der Waals surface area contributed by atoms with Crippen molar-refractivity contribution in [2.24, 2.45) is 0 Å². The second-order valence-corrected chi connectivity index (χ2v) is 7.74. The van der Waals surface area contributed by atoms with Crippen LogP contribution in [-0.4, -0.2) is 15.8 Å². The largest absolute Gasteiger partial charge is 0.323 e. The lowest BCUT2D eigenvalue weighted by atomic mass is 10.1. The summed E-state index contributed by atoms with van der Waals surface area (Å²) in [5.74, 6) is -0.364. The number of aromatic nitrogens is 1. The van der Waals surface area contributed by atoms with E-state index in [0.717, 1.165) is 20.8 Å². The van der Waals surface area contributed by atoms with Gasteiger partial charge in [-0.1, -0.05) is 18.2 Å². The van der Waals surface area contributed by atoms with Crippen LogP contribution >= 0.6 is 11.3 Å². The summed E-state index contributed by atoms with van der Waals surface area (Å²) in [7, 11) is 0. The highest BCUT2D eigenvalue weighted by molar-refractivity contribution is 7.21. The molecule has 30 heavy (non-hydrogen) atoms. The molecular weight excluding hydrogens is 398 g/mol. The van der Waals surface area contributed by atoms with Gasteiger partial charge in [0, 0.05) is 23.4 Å². The number of benzene rings is 3. The summed E-state index contributed by atoms with van der Waals surface area (Å²) in [6.07, 6.45) is 2.72. The predicted octanol–water partition coefficient (Wildman–Crippen LogP) is 5.83. The van der Waals surface area contributed by atoms with Crippen LogP contribution in [0.15, 0.2) is 72.8 Å². The molecule has 0 saturated carbocycles. The molecule has 0 spiro atoms. The van der Waals surface area contributed by atoms with E-state index in [0.29, 0.717) is 11.3 Å². The highest BCUT2D eigenvalue weighted by atomic mass is 32.1. The molecule has 4 rings (SSSR count). The number of fused-ring (bicyclic) bond motifs is 1. The van der Waals surface area contributed by atoms with Crippen LogP contribution in [0.4, 0.5) is 11.4 Å². The summed E-state index contributed by atoms with van der Waals surface area (Å²) in [5, 5.41) is 14.7. The maximum Gasteiger partial charge on any atom is 0.276 e. The van der Waals surface area contributed by atoms with Gasteiger partial charge >= 0.3 is 0 Å². The summed E-state index contributed by atoms with van der Waals surface area (Å²) in [4.78, 5) is 27.4. The number of hydrogen-bond donors (Lipinski definition) is 1. The maximum absolute atomic E-state index is 12.2. The number of rotatable bonds is 5. The van der Waals surface area contributed by atoms with Crippen LogP contribution in [0, 0.1) is 17.0 Å². The van der Waals surface area contributed by atoms with Crippen molar-refractivity contribution in [3.63, 3.8) is 0 Å². The number of thiazole rings is 1. The summed E-state index contributed by atoms with van der Waals surface area (Å²) in [5.41, 5.74) is 4.11. The van der Waals surface area contributed by atoms with Gasteiger partial charge in [-0.05, 0) is 61.0 Å². The predicted molar refractivity (Wildman–Crippen MR) is 121 cm³/mol. The molecule has 0 saturated heterocycles. The molecular formula is C23H17N3O3S. The highest BCUT2D eigenvalue weighted by Gasteiger charge is 2.10. The molecule has 1 heterocycles. The monoisotopic (exact) mass is 415 g/mol. The number of amides is 1. The van der Waals surface area contributed by atoms with Crippen molar-refractivity contribution >= 4 is 44.9 Å². The third-order valence-corrected chi connectivity index (χ3v) is 5.56. The minimum absolute atomic E-state index is 0.0445. The van der Waals surface area contributed by atoms with Crippen LogP contribution in [0.2, 0.25) is 0 Å². The number of anilines is 1. The minimum Gasteiger partial charge on any atom is -0.323 e. The quantitative estimate of drug-likeness (QED) is 0.252. The van der Waals surface area contributed by atoms with Gasteiger partial charge in [-0.3, -0.25) is 14.9 Å². The highest BCUT2D eigenvalue weighted by Crippen LogP contribution is 2.31. The van der Waals surface area contributed by atoms with E-state index in [1.807, 2.05) is 36.4 Å². The Balaban J connectivity index is 1.46. The smallest absolute Gasteiger partial charge is 0.276 e. The van der Waals surface area contributed by atoms with Gasteiger partial charge in [0.1, 0.15) is 5.01 Å². The first-order chi connectivity index (χ1) is 14.5. The Labute approximate surface area is 176 Å². The van der Waals surface area contributed by atoms with E-state index < -0.39 is 4.92 Å². The van der Waals surface area contributed by atoms with E-state index in [9.17, 15) is 14.9 Å². The van der Waals surface area contributed by atoms with Gasteiger partial charge in [-0.2, -0.15) is 0 Å². The number of nitrogens with one attached hydrogen (secondary N) is 1. The van der Waals surface area contributed by atoms with Gasteiger partial charge in [0.05, 0.1) is 20.7 Å². The summed E-state index contributed by atoms with van der Waals surface area (Å²) >= 11 is 1.63. The lowest BCUT2D eigenvalue weighted by Gasteiger charge is -2.03. The molecule has 6 nitrogen and oxygen atoms in total. The summed E-state index contributed by atoms with van der Waals surface area (Å²) in [6, 6.07) is 19.9. The van der Waals surface area contributed by atoms with Gasteiger partial charge < -0.3 is 5.32 Å². The van der Waals surface area contributed by atoms with Crippen molar-refractivity contribution in [2.75, 3.05) is 5.32 Å². The molecule has 0 atom stereocenters. The Bertz CT molecular complexity index is 1280. The number of para-hydroxylation sites is 1. The third-order valence-electron chi connectivity index (χ3n) is 4.49. The van der Waals surface area contributed by atoms with Crippen LogP contribution in [0.5, 0.6) is 0 Å². The topological polar surface area (TPSA) is 85.1 Å². The van der Waals surface area contributed by atoms with E-state index in [4.69, 9.17) is 0 Å². The lowest BCUT2D eigenvalue weighted by Crippen LogP contribution is -2.07. The van der Waals surface area contributed by atoms with Crippen LogP contribution in [0.3, 0.4) is 0 Å². The first kappa shape index (κ1) is 19.5. The Morgan fingerprint density at radius 2 is 1.87 bits per heavy atom. The zero-order valence-corrected chi connectivity index (χ0v) is 16.8. The fraction of sp³-hybridized carbons (Fsp3) is 0.0435. The Morgan fingerprint density at radius 3 is 2.63 bits per heavy atom. The number of carbonyl (C=O) groups excluding carboxylic acids is 1. The average Bonchev–Trinajstić information content (AvgIpc) is 3.16. The summed E-state index contributed by atoms with van der Waals surface area (Å²) < 4.78 is 1.14. The SMILES string of the molecule is Cc1ccc2nc(-c3ccc(NC(=O)/C=C/c4ccccc4[N+](=O)[O-])cc3)sc2c1. The van der Waals surface area contributed by atoms with Gasteiger partial charge in [-0.15, -0.1) is 11.3 Å². The number of carbonyl (C=O) groups is 1. The van der Waals surface area contributed by atoms with Gasteiger partial charge in [0.15, 0.2) is 0 Å². The number of nitrogens with zero attached hydrogens (tertiary/aromatic N) is 2. The molecule has 0 aliphatic carbocycles. The molecule has 0 unspecified atom stereocenters. The average molecular weight is 415 g/mol. The molecule has 7 heteroatoms. The Hall–Kier alpha value is -3.84. The van der Waals surface area contributed by atoms with Crippen LogP contribution in [0.25, 0.3) is 26.9 Å². The van der Waals surface area contributed by atoms with Gasteiger partial charge in [-0.25, -0.2) is 4.98 Å². The van der Waals surface area contributed by atoms with E-state index in [1.165, 1.54) is 23.8 Å². The standard InChI is InChI=1S/C23H17N3O3S/c1-15-6-12-19-21(14-15)30-23(25-19)17-7-10-18(11-8-17)24-22(27)13-9-16-4-2-3-5-20(16)26(28)29/h2-14H,1H3,(H,24,27)/b13-9+. The molecule has 1 amide bonds. The Morgan fingerprint density at radius 1 is 1.10 bits per heavy atom. The van der Waals surface area contributed by atoms with Crippen LogP contribution in [-0.2, 0) is 4.79 Å². The zero-order valence-electron chi connectivity index (χ0n) is 16.0. The molecule has 0 bridgehead atoms. The summed E-state index contributed by atoms with van der Waals surface area (Å²) in [6.45, 7) is 2.06. The maximum atomic E-state index is 12.2. The Kier molecular flexibility index (Phi) is 5.36. The molecule has 0 aliphatic rings. The fourth-order valence-corrected chi connectivity index (χ4v) is 4.06. The van der Waals surface area contributed by atoms with Crippen molar-refractivity contribution in [1.29, 1.82) is 0 Å². The molecule has 0 aliphatic heterocycles. The molecule has 0 radical (unpaired) electrons. The molecule has 4 aromatic rings. The number of aryl methyl sites for hydroxylation is 1. The van der Waals surface area contributed by atoms with Crippen LogP contribution < -0.4 is 5.32 Å². The fourth-order valence-electron chi connectivity index (χ4n) is 3.00. The van der Waals surface area contributed by atoms with Crippen molar-refractivity contribution in [2.45, 2.75) is 6.92 Å². The number of nitro groups is 1. The van der Waals surface area contributed by atoms with E-state index in [1.54, 1.807) is 29.5 Å². The molecule has 1 N–H and O–H groups in total. The number of nitro benzene ring substituents is 1. The van der Waals surface area contributed by atoms with E-state index in [-0.39, 0.29) is 11.6 Å². The van der Waals surface area contributed by atoms with Crippen LogP contribution in [0.1, 0.15) is 11.1 Å². The molecule has 0 fully saturated rings. The molecule has 148 valence electrons. The number of hydrogen-bond acceptors (Lipinski definition) is 5. The van der Waals surface area contributed by atoms with Crippen molar-refractivity contribution < 1.29 is 9.72 Å². The first-order valence-electron chi connectivity index (χ1n) is 9.20. The van der Waals surface area contributed by atoms with E-state index >= 15 is 0 Å². The third kappa shape index (κ3) is 4.26. The molecule has 1 aromatic heterocycles. The lowest BCUT2D eigenvalue weighted by molar-refractivity contribution is -0.385. The second-order valence-electron chi connectivity index (χ2n) is 6.71. The van der Waals surface area contributed by atoms with Crippen molar-refractivity contribution in [3.05, 3.63) is 94.0 Å². The van der Waals surface area contributed by atoms with Crippen molar-refractivity contribution in [3.8, 4) is 10.6 Å². The zero-order chi connectivity index (χ0) is 21.1.